The molecule has 0 unspecified atom stereocenters. The molecule has 0 spiro atoms. The Morgan fingerprint density at radius 3 is 2.21 bits per heavy atom. The van der Waals surface area contributed by atoms with E-state index in [4.69, 9.17) is 0 Å². The summed E-state index contributed by atoms with van der Waals surface area (Å²) >= 11 is 0. The van der Waals surface area contributed by atoms with Gasteiger partial charge in [0.1, 0.15) is 0 Å². The third kappa shape index (κ3) is 5.52. The minimum absolute atomic E-state index is 0.0809. The van der Waals surface area contributed by atoms with Crippen molar-refractivity contribution in [2.45, 2.75) is 32.6 Å². The zero-order valence-electron chi connectivity index (χ0n) is 8.98. The summed E-state index contributed by atoms with van der Waals surface area (Å²) in [6, 6.07) is 0. The van der Waals surface area contributed by atoms with Gasteiger partial charge in [-0.3, -0.25) is 0 Å². The molecule has 0 heterocycles. The molecule has 0 aromatic heterocycles. The molecule has 0 aliphatic rings. The fraction of sp³-hybridized carbons (Fsp3) is 0.385. The molecule has 0 atom stereocenters. The summed E-state index contributed by atoms with van der Waals surface area (Å²) in [5.74, 6) is -0.0809. The molecule has 0 aliphatic carbocycles. The Hall–Kier alpha value is -1.11. The molecule has 14 heavy (non-hydrogen) atoms. The molecule has 0 bridgehead atoms. The van der Waals surface area contributed by atoms with Crippen molar-refractivity contribution in [3.8, 4) is 0 Å². The second kappa shape index (κ2) is 7.31. The summed E-state index contributed by atoms with van der Waals surface area (Å²) in [5.41, 5.74) is 1.96. The Morgan fingerprint density at radius 2 is 1.71 bits per heavy atom. The molecule has 0 radical (unpaired) electrons. The van der Waals surface area contributed by atoms with Crippen LogP contribution in [0.3, 0.4) is 0 Å². The van der Waals surface area contributed by atoms with Crippen LogP contribution < -0.4 is 0 Å². The molecular weight excluding hydrogens is 175 g/mol. The summed E-state index contributed by atoms with van der Waals surface area (Å²) in [4.78, 5) is 0. The summed E-state index contributed by atoms with van der Waals surface area (Å²) in [6.07, 6.45) is 6.21. The molecule has 1 heteroatoms. The topological polar surface area (TPSA) is 0 Å². The largest absolute Gasteiger partial charge is 0.212 e. The highest BCUT2D eigenvalue weighted by Gasteiger charge is 2.01. The number of rotatable bonds is 7. The SMILES string of the molecule is C=CCCC(=C)C(=C)CC/C(F)=C/C. The minimum Gasteiger partial charge on any atom is -0.212 e. The number of hydrogen-bond donors (Lipinski definition) is 0. The van der Waals surface area contributed by atoms with E-state index < -0.39 is 0 Å². The van der Waals surface area contributed by atoms with Gasteiger partial charge in [-0.1, -0.05) is 36.5 Å². The third-order valence-corrected chi connectivity index (χ3v) is 2.13. The van der Waals surface area contributed by atoms with E-state index in [0.717, 1.165) is 24.0 Å². The molecule has 0 aromatic carbocycles. The average molecular weight is 194 g/mol. The zero-order valence-corrected chi connectivity index (χ0v) is 8.98. The van der Waals surface area contributed by atoms with Crippen molar-refractivity contribution < 1.29 is 4.39 Å². The van der Waals surface area contributed by atoms with Crippen LogP contribution >= 0.6 is 0 Å². The van der Waals surface area contributed by atoms with Crippen LogP contribution in [0.1, 0.15) is 32.6 Å². The lowest BCUT2D eigenvalue weighted by Crippen LogP contribution is -1.88. The molecule has 0 rings (SSSR count). The van der Waals surface area contributed by atoms with Gasteiger partial charge in [-0.05, 0) is 26.2 Å². The highest BCUT2D eigenvalue weighted by molar-refractivity contribution is 5.25. The van der Waals surface area contributed by atoms with Gasteiger partial charge >= 0.3 is 0 Å². The molecule has 0 saturated heterocycles. The first-order valence-corrected chi connectivity index (χ1v) is 4.89. The number of allylic oxidation sites excluding steroid dienone is 5. The smallest absolute Gasteiger partial charge is 0.0960 e. The lowest BCUT2D eigenvalue weighted by molar-refractivity contribution is 0.586. The lowest BCUT2D eigenvalue weighted by atomic mass is 10.00. The fourth-order valence-corrected chi connectivity index (χ4v) is 1.04. The van der Waals surface area contributed by atoms with E-state index in [2.05, 4.69) is 19.7 Å². The van der Waals surface area contributed by atoms with E-state index in [9.17, 15) is 4.39 Å². The minimum atomic E-state index is -0.0809. The first-order chi connectivity index (χ1) is 6.61. The Labute approximate surface area is 86.5 Å². The molecule has 0 amide bonds. The van der Waals surface area contributed by atoms with Crippen LogP contribution in [0.5, 0.6) is 0 Å². The molecular formula is C13H19F. The molecule has 0 saturated carbocycles. The zero-order chi connectivity index (χ0) is 11.0. The van der Waals surface area contributed by atoms with E-state index in [1.165, 1.54) is 6.08 Å². The Balaban J connectivity index is 3.84. The van der Waals surface area contributed by atoms with Gasteiger partial charge in [-0.2, -0.15) is 0 Å². The average Bonchev–Trinajstić information content (AvgIpc) is 2.21. The van der Waals surface area contributed by atoms with Gasteiger partial charge in [0.2, 0.25) is 0 Å². The fourth-order valence-electron chi connectivity index (χ4n) is 1.04. The van der Waals surface area contributed by atoms with Gasteiger partial charge in [0.15, 0.2) is 0 Å². The van der Waals surface area contributed by atoms with Crippen LogP contribution in [-0.2, 0) is 0 Å². The summed E-state index contributed by atoms with van der Waals surface area (Å²) in [6.45, 7) is 13.1. The summed E-state index contributed by atoms with van der Waals surface area (Å²) in [7, 11) is 0. The maximum absolute atomic E-state index is 12.8. The van der Waals surface area contributed by atoms with Crippen LogP contribution in [0.2, 0.25) is 0 Å². The number of halogens is 1. The van der Waals surface area contributed by atoms with Crippen molar-refractivity contribution in [3.05, 3.63) is 48.9 Å². The predicted molar refractivity (Wildman–Crippen MR) is 61.8 cm³/mol. The monoisotopic (exact) mass is 194 g/mol. The van der Waals surface area contributed by atoms with Crippen LogP contribution in [-0.4, -0.2) is 0 Å². The molecule has 0 fully saturated rings. The van der Waals surface area contributed by atoms with E-state index in [0.29, 0.717) is 12.8 Å². The maximum Gasteiger partial charge on any atom is 0.0960 e. The van der Waals surface area contributed by atoms with Gasteiger partial charge in [0.25, 0.3) is 0 Å². The highest BCUT2D eigenvalue weighted by atomic mass is 19.1. The van der Waals surface area contributed by atoms with E-state index in [-0.39, 0.29) is 5.83 Å². The van der Waals surface area contributed by atoms with Crippen molar-refractivity contribution in [2.75, 3.05) is 0 Å². The Kier molecular flexibility index (Phi) is 6.73. The normalized spacial score (nSPS) is 11.1. The van der Waals surface area contributed by atoms with Crippen LogP contribution in [0.25, 0.3) is 0 Å². The van der Waals surface area contributed by atoms with E-state index >= 15 is 0 Å². The van der Waals surface area contributed by atoms with Gasteiger partial charge in [0, 0.05) is 6.42 Å². The molecule has 0 aliphatic heterocycles. The van der Waals surface area contributed by atoms with Crippen molar-refractivity contribution in [2.24, 2.45) is 0 Å². The van der Waals surface area contributed by atoms with Crippen molar-refractivity contribution in [1.29, 1.82) is 0 Å². The Morgan fingerprint density at radius 1 is 1.14 bits per heavy atom. The van der Waals surface area contributed by atoms with Gasteiger partial charge in [0.05, 0.1) is 5.83 Å². The maximum atomic E-state index is 12.8. The molecule has 78 valence electrons. The quantitative estimate of drug-likeness (QED) is 0.406. The van der Waals surface area contributed by atoms with Gasteiger partial charge in [-0.15, -0.1) is 6.58 Å². The van der Waals surface area contributed by atoms with Crippen LogP contribution in [0.15, 0.2) is 48.9 Å². The third-order valence-electron chi connectivity index (χ3n) is 2.13. The number of hydrogen-bond acceptors (Lipinski definition) is 0. The first kappa shape index (κ1) is 12.9. The van der Waals surface area contributed by atoms with Crippen LogP contribution in [0, 0.1) is 0 Å². The second-order valence-electron chi connectivity index (χ2n) is 3.27. The lowest BCUT2D eigenvalue weighted by Gasteiger charge is -2.07. The standard InChI is InChI=1S/C13H19F/c1-5-7-8-11(3)12(4)9-10-13(14)6-2/h5-6H,1,3-4,7-10H2,2H3/b13-6-. The second-order valence-corrected chi connectivity index (χ2v) is 3.27. The predicted octanol–water partition coefficient (Wildman–Crippen LogP) is 4.72. The highest BCUT2D eigenvalue weighted by Crippen LogP contribution is 2.20. The van der Waals surface area contributed by atoms with E-state index in [1.54, 1.807) is 6.92 Å². The first-order valence-electron chi connectivity index (χ1n) is 4.89. The van der Waals surface area contributed by atoms with Crippen molar-refractivity contribution in [3.63, 3.8) is 0 Å². The molecule has 0 N–H and O–H groups in total. The van der Waals surface area contributed by atoms with Gasteiger partial charge in [-0.25, -0.2) is 4.39 Å². The summed E-state index contributed by atoms with van der Waals surface area (Å²) in [5, 5.41) is 0. The summed E-state index contributed by atoms with van der Waals surface area (Å²) < 4.78 is 12.8. The Bertz CT molecular complexity index is 246. The van der Waals surface area contributed by atoms with Crippen molar-refractivity contribution >= 4 is 0 Å². The molecule has 0 aromatic rings. The van der Waals surface area contributed by atoms with Crippen molar-refractivity contribution in [1.82, 2.24) is 0 Å². The van der Waals surface area contributed by atoms with Crippen LogP contribution in [0.4, 0.5) is 4.39 Å². The van der Waals surface area contributed by atoms with E-state index in [1.807, 2.05) is 6.08 Å². The molecule has 0 nitrogen and oxygen atoms in total. The van der Waals surface area contributed by atoms with Gasteiger partial charge < -0.3 is 0 Å².